The molecule has 3 aromatic carbocycles. The fourth-order valence-electron chi connectivity index (χ4n) is 2.82. The maximum atomic E-state index is 12.5. The summed E-state index contributed by atoms with van der Waals surface area (Å²) in [6.07, 6.45) is -1.03. The van der Waals surface area contributed by atoms with Crippen LogP contribution in [0.4, 0.5) is 0 Å². The van der Waals surface area contributed by atoms with E-state index in [2.05, 4.69) is 4.72 Å². The SMILES string of the molecule is CC.O=S(=O)(NCC(O)c1ccc2c(c1)OCO2)c1ccc(Oc2ccccc2)cc1. The van der Waals surface area contributed by atoms with E-state index in [1.807, 2.05) is 44.2 Å². The predicted molar refractivity (Wildman–Crippen MR) is 117 cm³/mol. The molecule has 1 aliphatic heterocycles. The van der Waals surface area contributed by atoms with E-state index in [1.54, 1.807) is 30.3 Å². The Labute approximate surface area is 182 Å². The van der Waals surface area contributed by atoms with Gasteiger partial charge in [-0.25, -0.2) is 13.1 Å². The first kappa shape index (κ1) is 22.6. The van der Waals surface area contributed by atoms with Gasteiger partial charge in [0.1, 0.15) is 11.5 Å². The zero-order chi connectivity index (χ0) is 22.3. The summed E-state index contributed by atoms with van der Waals surface area (Å²) in [4.78, 5) is 0.0794. The van der Waals surface area contributed by atoms with Crippen molar-refractivity contribution >= 4 is 10.0 Å². The van der Waals surface area contributed by atoms with Gasteiger partial charge in [0.15, 0.2) is 11.5 Å². The molecule has 8 heteroatoms. The molecule has 1 atom stereocenters. The molecule has 7 nitrogen and oxygen atoms in total. The smallest absolute Gasteiger partial charge is 0.240 e. The zero-order valence-corrected chi connectivity index (χ0v) is 18.1. The van der Waals surface area contributed by atoms with Gasteiger partial charge in [-0.05, 0) is 54.1 Å². The lowest BCUT2D eigenvalue weighted by Crippen LogP contribution is -2.28. The van der Waals surface area contributed by atoms with Gasteiger partial charge in [-0.3, -0.25) is 0 Å². The summed E-state index contributed by atoms with van der Waals surface area (Å²) in [5.74, 6) is 2.31. The number of hydrogen-bond donors (Lipinski definition) is 2. The van der Waals surface area contributed by atoms with Crippen molar-refractivity contribution < 1.29 is 27.7 Å². The first-order valence-corrected chi connectivity index (χ1v) is 11.4. The lowest BCUT2D eigenvalue weighted by Gasteiger charge is -2.13. The van der Waals surface area contributed by atoms with Crippen LogP contribution in [0.1, 0.15) is 25.5 Å². The summed E-state index contributed by atoms with van der Waals surface area (Å²) >= 11 is 0. The lowest BCUT2D eigenvalue weighted by atomic mass is 10.1. The van der Waals surface area contributed by atoms with Gasteiger partial charge in [0, 0.05) is 6.54 Å². The monoisotopic (exact) mass is 443 g/mol. The maximum absolute atomic E-state index is 12.5. The normalized spacial score (nSPS) is 13.1. The largest absolute Gasteiger partial charge is 0.457 e. The van der Waals surface area contributed by atoms with Crippen LogP contribution < -0.4 is 18.9 Å². The molecule has 0 fully saturated rings. The molecule has 0 bridgehead atoms. The molecule has 4 rings (SSSR count). The highest BCUT2D eigenvalue weighted by Crippen LogP contribution is 2.34. The third-order valence-corrected chi connectivity index (χ3v) is 5.80. The predicted octanol–water partition coefficient (Wildman–Crippen LogP) is 4.25. The van der Waals surface area contributed by atoms with Crippen LogP contribution in [0.5, 0.6) is 23.0 Å². The minimum atomic E-state index is -3.79. The summed E-state index contributed by atoms with van der Waals surface area (Å²) in [6, 6.07) is 20.2. The van der Waals surface area contributed by atoms with E-state index in [0.29, 0.717) is 28.6 Å². The van der Waals surface area contributed by atoms with Crippen molar-refractivity contribution in [1.29, 1.82) is 0 Å². The van der Waals surface area contributed by atoms with Crippen molar-refractivity contribution in [2.45, 2.75) is 24.8 Å². The minimum Gasteiger partial charge on any atom is -0.457 e. The average Bonchev–Trinajstić information content (AvgIpc) is 3.28. The molecule has 0 amide bonds. The molecule has 0 saturated heterocycles. The van der Waals surface area contributed by atoms with Gasteiger partial charge in [0.25, 0.3) is 0 Å². The Bertz CT molecular complexity index is 1080. The van der Waals surface area contributed by atoms with Gasteiger partial charge < -0.3 is 19.3 Å². The van der Waals surface area contributed by atoms with Gasteiger partial charge in [-0.1, -0.05) is 38.1 Å². The number of hydrogen-bond acceptors (Lipinski definition) is 6. The van der Waals surface area contributed by atoms with Gasteiger partial charge in [0.05, 0.1) is 11.0 Å². The van der Waals surface area contributed by atoms with Crippen LogP contribution in [0.25, 0.3) is 0 Å². The molecule has 1 unspecified atom stereocenters. The van der Waals surface area contributed by atoms with Crippen molar-refractivity contribution in [3.8, 4) is 23.0 Å². The van der Waals surface area contributed by atoms with Gasteiger partial charge in [-0.2, -0.15) is 0 Å². The van der Waals surface area contributed by atoms with E-state index in [4.69, 9.17) is 14.2 Å². The molecule has 1 aliphatic rings. The number of aliphatic hydroxyl groups is 1. The molecule has 3 aromatic rings. The molecule has 31 heavy (non-hydrogen) atoms. The molecule has 0 aliphatic carbocycles. The topological polar surface area (TPSA) is 94.1 Å². The fraction of sp³-hybridized carbons (Fsp3) is 0.217. The van der Waals surface area contributed by atoms with Crippen LogP contribution in [0.2, 0.25) is 0 Å². The molecule has 1 heterocycles. The van der Waals surface area contributed by atoms with Crippen molar-refractivity contribution in [2.24, 2.45) is 0 Å². The van der Waals surface area contributed by atoms with E-state index in [9.17, 15) is 13.5 Å². The summed E-state index contributed by atoms with van der Waals surface area (Å²) < 4.78 is 43.6. The second-order valence-corrected chi connectivity index (χ2v) is 8.13. The third-order valence-electron chi connectivity index (χ3n) is 4.36. The van der Waals surface area contributed by atoms with Gasteiger partial charge >= 0.3 is 0 Å². The van der Waals surface area contributed by atoms with Crippen molar-refractivity contribution in [2.75, 3.05) is 13.3 Å². The highest BCUT2D eigenvalue weighted by Gasteiger charge is 2.20. The second kappa shape index (κ2) is 10.3. The van der Waals surface area contributed by atoms with Crippen LogP contribution in [0, 0.1) is 0 Å². The highest BCUT2D eigenvalue weighted by atomic mass is 32.2. The summed E-state index contributed by atoms with van der Waals surface area (Å²) in [5.41, 5.74) is 0.531. The molecule has 0 saturated carbocycles. The number of nitrogens with one attached hydrogen (secondary N) is 1. The van der Waals surface area contributed by atoms with Crippen molar-refractivity contribution in [1.82, 2.24) is 4.72 Å². The minimum absolute atomic E-state index is 0.0794. The molecule has 0 aromatic heterocycles. The van der Waals surface area contributed by atoms with Crippen molar-refractivity contribution in [3.05, 3.63) is 78.4 Å². The quantitative estimate of drug-likeness (QED) is 0.567. The first-order valence-electron chi connectivity index (χ1n) is 9.91. The van der Waals surface area contributed by atoms with Crippen LogP contribution >= 0.6 is 0 Å². The number of rotatable bonds is 7. The Morgan fingerprint density at radius 1 is 0.935 bits per heavy atom. The van der Waals surface area contributed by atoms with E-state index >= 15 is 0 Å². The van der Waals surface area contributed by atoms with E-state index < -0.39 is 16.1 Å². The Morgan fingerprint density at radius 2 is 1.58 bits per heavy atom. The summed E-state index contributed by atoms with van der Waals surface area (Å²) in [5, 5.41) is 10.3. The Balaban J connectivity index is 0.00000132. The second-order valence-electron chi connectivity index (χ2n) is 6.37. The molecule has 0 spiro atoms. The van der Waals surface area contributed by atoms with Crippen LogP contribution in [-0.2, 0) is 10.0 Å². The zero-order valence-electron chi connectivity index (χ0n) is 17.3. The van der Waals surface area contributed by atoms with Gasteiger partial charge in [-0.15, -0.1) is 0 Å². The summed E-state index contributed by atoms with van der Waals surface area (Å²) in [7, 11) is -3.79. The molecule has 2 N–H and O–H groups in total. The van der Waals surface area contributed by atoms with Crippen LogP contribution in [0.3, 0.4) is 0 Å². The lowest BCUT2D eigenvalue weighted by molar-refractivity contribution is 0.172. The molecular weight excluding hydrogens is 418 g/mol. The number of para-hydroxylation sites is 1. The first-order chi connectivity index (χ1) is 15.0. The average molecular weight is 444 g/mol. The maximum Gasteiger partial charge on any atom is 0.240 e. The highest BCUT2D eigenvalue weighted by molar-refractivity contribution is 7.89. The summed E-state index contributed by atoms with van der Waals surface area (Å²) in [6.45, 7) is 3.95. The molecular formula is C23H25NO6S. The number of benzene rings is 3. The van der Waals surface area contributed by atoms with Crippen molar-refractivity contribution in [3.63, 3.8) is 0 Å². The number of aliphatic hydroxyl groups excluding tert-OH is 1. The number of fused-ring (bicyclic) bond motifs is 1. The molecule has 164 valence electrons. The van der Waals surface area contributed by atoms with Crippen LogP contribution in [0.15, 0.2) is 77.7 Å². The molecule has 0 radical (unpaired) electrons. The number of ether oxygens (including phenoxy) is 3. The van der Waals surface area contributed by atoms with E-state index in [1.165, 1.54) is 12.1 Å². The third kappa shape index (κ3) is 5.75. The standard InChI is InChI=1S/C21H19NO6S.C2H6/c23-19(15-6-11-20-21(12-15)27-14-26-20)13-22-29(24,25)18-9-7-17(8-10-18)28-16-4-2-1-3-5-16;1-2/h1-12,19,22-23H,13-14H2;1-2H3. The Morgan fingerprint density at radius 3 is 2.29 bits per heavy atom. The van der Waals surface area contributed by atoms with Gasteiger partial charge in [0.2, 0.25) is 16.8 Å². The Hall–Kier alpha value is -3.07. The van der Waals surface area contributed by atoms with E-state index in [0.717, 1.165) is 0 Å². The Kier molecular flexibility index (Phi) is 7.51. The number of sulfonamides is 1. The van der Waals surface area contributed by atoms with Crippen LogP contribution in [-0.4, -0.2) is 26.9 Å². The fourth-order valence-corrected chi connectivity index (χ4v) is 3.86. The van der Waals surface area contributed by atoms with E-state index in [-0.39, 0.29) is 18.2 Å².